The Morgan fingerprint density at radius 3 is 2.19 bits per heavy atom. The van der Waals surface area contributed by atoms with Gasteiger partial charge >= 0.3 is 5.97 Å². The molecule has 0 aromatic carbocycles. The predicted molar refractivity (Wildman–Crippen MR) is 48.5 cm³/mol. The average molecular weight is 238 g/mol. The maximum atomic E-state index is 10.1. The predicted octanol–water partition coefficient (Wildman–Crippen LogP) is -3.27. The van der Waals surface area contributed by atoms with Crippen molar-refractivity contribution in [1.82, 2.24) is 0 Å². The molecule has 0 aromatic heterocycles. The fourth-order valence-electron chi connectivity index (χ4n) is 0.876. The molecule has 0 saturated heterocycles. The molecule has 94 valence electrons. The molecule has 8 heteroatoms. The molecule has 0 bridgehead atoms. The first-order chi connectivity index (χ1) is 7.40. The van der Waals surface area contributed by atoms with Crippen molar-refractivity contribution >= 4 is 12.3 Å². The number of aliphatic carboxylic acids is 1. The number of carboxylic acid groups (broad SMARTS) is 1. The van der Waals surface area contributed by atoms with Crippen molar-refractivity contribution in [1.29, 1.82) is 0 Å². The minimum Gasteiger partial charge on any atom is -0.480 e. The van der Waals surface area contributed by atoms with Crippen LogP contribution in [0.15, 0.2) is 0 Å². The summed E-state index contributed by atoms with van der Waals surface area (Å²) in [6.07, 6.45) is -7.11. The lowest BCUT2D eigenvalue weighted by Crippen LogP contribution is -2.46. The average Bonchev–Trinajstić information content (AvgIpc) is 2.25. The van der Waals surface area contributed by atoms with E-state index in [-0.39, 0.29) is 6.29 Å². The van der Waals surface area contributed by atoms with E-state index in [9.17, 15) is 19.8 Å². The number of hydrogen-bond acceptors (Lipinski definition) is 7. The fourth-order valence-corrected chi connectivity index (χ4v) is 0.876. The third kappa shape index (κ3) is 5.14. The molecule has 0 aromatic rings. The lowest BCUT2D eigenvalue weighted by Gasteiger charge is -2.23. The normalized spacial score (nSPS) is 18.5. The lowest BCUT2D eigenvalue weighted by molar-refractivity contribution is -0.148. The number of carbonyl (C=O) groups excluding carboxylic acids is 1. The molecule has 5 N–H and O–H groups in total. The number of carboxylic acids is 1. The van der Waals surface area contributed by atoms with Gasteiger partial charge in [-0.05, 0) is 0 Å². The van der Waals surface area contributed by atoms with Crippen molar-refractivity contribution in [2.75, 3.05) is 13.2 Å². The van der Waals surface area contributed by atoms with E-state index in [1.54, 1.807) is 0 Å². The number of aliphatic hydroxyl groups is 4. The topological polar surface area (TPSA) is 145 Å². The fraction of sp³-hybridized carbons (Fsp3) is 0.750. The van der Waals surface area contributed by atoms with Crippen LogP contribution in [0.25, 0.3) is 0 Å². The maximum absolute atomic E-state index is 10.1. The van der Waals surface area contributed by atoms with Crippen LogP contribution in [-0.4, -0.2) is 75.4 Å². The Bertz CT molecular complexity index is 230. The first-order valence-corrected chi connectivity index (χ1v) is 4.37. The van der Waals surface area contributed by atoms with Crippen molar-refractivity contribution in [2.45, 2.75) is 24.4 Å². The maximum Gasteiger partial charge on any atom is 0.329 e. The summed E-state index contributed by atoms with van der Waals surface area (Å²) in [5.74, 6) is -1.25. The second-order valence-corrected chi connectivity index (χ2v) is 3.08. The van der Waals surface area contributed by atoms with Gasteiger partial charge in [0.1, 0.15) is 31.0 Å². The molecule has 0 heterocycles. The number of rotatable bonds is 8. The third-order valence-corrected chi connectivity index (χ3v) is 1.75. The molecule has 4 atom stereocenters. The van der Waals surface area contributed by atoms with Gasteiger partial charge in [0, 0.05) is 0 Å². The van der Waals surface area contributed by atoms with E-state index in [0.717, 1.165) is 0 Å². The molecule has 0 aliphatic rings. The molecule has 0 amide bonds. The molecule has 8 nitrogen and oxygen atoms in total. The van der Waals surface area contributed by atoms with Gasteiger partial charge in [-0.3, -0.25) is 0 Å². The van der Waals surface area contributed by atoms with E-state index in [1.165, 1.54) is 0 Å². The number of carbonyl (C=O) groups is 2. The van der Waals surface area contributed by atoms with Gasteiger partial charge in [-0.1, -0.05) is 0 Å². The Kier molecular flexibility index (Phi) is 6.77. The van der Waals surface area contributed by atoms with Crippen molar-refractivity contribution in [2.24, 2.45) is 0 Å². The van der Waals surface area contributed by atoms with Crippen LogP contribution >= 0.6 is 0 Å². The minimum absolute atomic E-state index is 0.00128. The Hall–Kier alpha value is -1.06. The van der Waals surface area contributed by atoms with Crippen LogP contribution < -0.4 is 0 Å². The Balaban J connectivity index is 4.01. The van der Waals surface area contributed by atoms with Gasteiger partial charge in [-0.25, -0.2) is 4.79 Å². The summed E-state index contributed by atoms with van der Waals surface area (Å²) in [4.78, 5) is 20.1. The first kappa shape index (κ1) is 14.9. The van der Waals surface area contributed by atoms with Crippen LogP contribution in [0.3, 0.4) is 0 Å². The number of hydrogen-bond donors (Lipinski definition) is 5. The van der Waals surface area contributed by atoms with Crippen LogP contribution in [0.1, 0.15) is 0 Å². The lowest BCUT2D eigenvalue weighted by atomic mass is 10.0. The highest BCUT2D eigenvalue weighted by Gasteiger charge is 2.30. The summed E-state index contributed by atoms with van der Waals surface area (Å²) in [5, 5.41) is 44.5. The molecule has 0 fully saturated rings. The van der Waals surface area contributed by atoms with Gasteiger partial charge in [-0.15, -0.1) is 0 Å². The zero-order valence-corrected chi connectivity index (χ0v) is 8.26. The van der Waals surface area contributed by atoms with E-state index in [1.807, 2.05) is 0 Å². The molecule has 0 saturated carbocycles. The van der Waals surface area contributed by atoms with Gasteiger partial charge in [-0.2, -0.15) is 0 Å². The van der Waals surface area contributed by atoms with E-state index in [0.29, 0.717) is 0 Å². The van der Waals surface area contributed by atoms with Crippen LogP contribution in [0, 0.1) is 0 Å². The van der Waals surface area contributed by atoms with Crippen molar-refractivity contribution in [3.05, 3.63) is 0 Å². The van der Waals surface area contributed by atoms with Gasteiger partial charge < -0.3 is 35.1 Å². The molecule has 0 aliphatic carbocycles. The Labute approximate surface area is 90.7 Å². The molecule has 0 aliphatic heterocycles. The first-order valence-electron chi connectivity index (χ1n) is 4.37. The smallest absolute Gasteiger partial charge is 0.329 e. The molecule has 0 spiro atoms. The summed E-state index contributed by atoms with van der Waals surface area (Å²) in [6.45, 7) is -1.22. The second kappa shape index (κ2) is 7.25. The molecular formula is C8H14O8. The third-order valence-electron chi connectivity index (χ3n) is 1.75. The molecule has 0 rings (SSSR count). The summed E-state index contributed by atoms with van der Waals surface area (Å²) < 4.78 is 4.45. The summed E-state index contributed by atoms with van der Waals surface area (Å²) >= 11 is 0. The highest BCUT2D eigenvalue weighted by molar-refractivity contribution is 5.67. The van der Waals surface area contributed by atoms with E-state index >= 15 is 0 Å². The van der Waals surface area contributed by atoms with Crippen LogP contribution in [0.5, 0.6) is 0 Å². The van der Waals surface area contributed by atoms with Gasteiger partial charge in [0.15, 0.2) is 6.29 Å². The summed E-state index contributed by atoms with van der Waals surface area (Å²) in [6, 6.07) is 0. The standard InChI is InChI=1S/C8H14O8/c9-1-4(10)7(14)8(15)5(11)2-16-3-6(12)13/h1,4-5,7-8,10-11,14-15H,2-3H2,(H,12,13). The zero-order valence-electron chi connectivity index (χ0n) is 8.26. The molecule has 4 unspecified atom stereocenters. The summed E-state index contributed by atoms with van der Waals surface area (Å²) in [5.41, 5.74) is 0. The molecular weight excluding hydrogens is 224 g/mol. The van der Waals surface area contributed by atoms with Gasteiger partial charge in [0.05, 0.1) is 6.61 Å². The minimum atomic E-state index is -1.86. The Morgan fingerprint density at radius 2 is 1.75 bits per heavy atom. The van der Waals surface area contributed by atoms with E-state index < -0.39 is 43.6 Å². The largest absolute Gasteiger partial charge is 0.480 e. The zero-order chi connectivity index (χ0) is 12.7. The highest BCUT2D eigenvalue weighted by Crippen LogP contribution is 2.04. The Morgan fingerprint density at radius 1 is 1.19 bits per heavy atom. The highest BCUT2D eigenvalue weighted by atomic mass is 16.5. The number of ether oxygens (including phenoxy) is 1. The second-order valence-electron chi connectivity index (χ2n) is 3.08. The molecule has 16 heavy (non-hydrogen) atoms. The van der Waals surface area contributed by atoms with Gasteiger partial charge in [0.2, 0.25) is 0 Å². The van der Waals surface area contributed by atoms with Crippen LogP contribution in [0.4, 0.5) is 0 Å². The van der Waals surface area contributed by atoms with E-state index in [4.69, 9.17) is 15.3 Å². The number of aldehydes is 1. The van der Waals surface area contributed by atoms with Crippen molar-refractivity contribution < 1.29 is 39.9 Å². The van der Waals surface area contributed by atoms with Crippen molar-refractivity contribution in [3.8, 4) is 0 Å². The quantitative estimate of drug-likeness (QED) is 0.277. The van der Waals surface area contributed by atoms with Gasteiger partial charge in [0.25, 0.3) is 0 Å². The molecule has 0 radical (unpaired) electrons. The van der Waals surface area contributed by atoms with E-state index in [2.05, 4.69) is 4.74 Å². The van der Waals surface area contributed by atoms with Crippen LogP contribution in [-0.2, 0) is 14.3 Å². The monoisotopic (exact) mass is 238 g/mol. The number of aliphatic hydroxyl groups excluding tert-OH is 4. The summed E-state index contributed by atoms with van der Waals surface area (Å²) in [7, 11) is 0. The SMILES string of the molecule is O=CC(O)C(O)C(O)C(O)COCC(=O)O. The van der Waals surface area contributed by atoms with Crippen molar-refractivity contribution in [3.63, 3.8) is 0 Å². The van der Waals surface area contributed by atoms with Crippen LogP contribution in [0.2, 0.25) is 0 Å².